The molecular weight excluding hydrogens is 387 g/mol. The molecule has 0 fully saturated rings. The van der Waals surface area contributed by atoms with Crippen LogP contribution in [0.1, 0.15) is 5.56 Å². The first kappa shape index (κ1) is 20.4. The van der Waals surface area contributed by atoms with E-state index in [4.69, 9.17) is 9.90 Å². The SMILES string of the molecule is CN1C=CC2=C[NH2+]C3=C2C1C=C(NCc1ccccc1)C3=O.O=C([O-])C(F)(F)F. The van der Waals surface area contributed by atoms with Crippen molar-refractivity contribution in [3.8, 4) is 0 Å². The molecule has 1 aromatic carbocycles. The number of carboxylic acids is 1. The highest BCUT2D eigenvalue weighted by Crippen LogP contribution is 2.32. The molecule has 3 aliphatic rings. The monoisotopic (exact) mass is 405 g/mol. The van der Waals surface area contributed by atoms with Crippen LogP contribution in [0.25, 0.3) is 0 Å². The number of nitrogens with one attached hydrogen (secondary N) is 1. The van der Waals surface area contributed by atoms with Crippen molar-refractivity contribution in [3.05, 3.63) is 83.0 Å². The highest BCUT2D eigenvalue weighted by atomic mass is 19.4. The van der Waals surface area contributed by atoms with E-state index in [-0.39, 0.29) is 11.8 Å². The molecule has 0 bridgehead atoms. The second kappa shape index (κ2) is 7.96. The molecule has 6 nitrogen and oxygen atoms in total. The molecule has 4 rings (SSSR count). The normalized spacial score (nSPS) is 19.8. The van der Waals surface area contributed by atoms with E-state index in [2.05, 4.69) is 34.6 Å². The van der Waals surface area contributed by atoms with Crippen molar-refractivity contribution < 1.29 is 33.2 Å². The zero-order valence-corrected chi connectivity index (χ0v) is 15.4. The lowest BCUT2D eigenvalue weighted by atomic mass is 9.88. The molecule has 1 aliphatic carbocycles. The number of nitrogens with zero attached hydrogens (tertiary/aromatic N) is 1. The van der Waals surface area contributed by atoms with Gasteiger partial charge >= 0.3 is 6.18 Å². The molecule has 0 saturated carbocycles. The van der Waals surface area contributed by atoms with E-state index in [0.717, 1.165) is 16.8 Å². The van der Waals surface area contributed by atoms with E-state index < -0.39 is 12.1 Å². The summed E-state index contributed by atoms with van der Waals surface area (Å²) in [5, 5.41) is 14.0. The van der Waals surface area contributed by atoms with Crippen molar-refractivity contribution in [1.29, 1.82) is 0 Å². The Morgan fingerprint density at radius 2 is 1.93 bits per heavy atom. The molecule has 29 heavy (non-hydrogen) atoms. The van der Waals surface area contributed by atoms with Gasteiger partial charge in [-0.25, -0.2) is 0 Å². The number of carbonyl (C=O) groups excluding carboxylic acids is 2. The smallest absolute Gasteiger partial charge is 0.430 e. The number of carboxylic acid groups (broad SMARTS) is 1. The second-order valence-electron chi connectivity index (χ2n) is 6.58. The molecule has 0 spiro atoms. The molecule has 3 N–H and O–H groups in total. The van der Waals surface area contributed by atoms with Crippen molar-refractivity contribution >= 4 is 11.8 Å². The summed E-state index contributed by atoms with van der Waals surface area (Å²) in [6.07, 6.45) is 3.02. The lowest BCUT2D eigenvalue weighted by Crippen LogP contribution is -2.77. The lowest BCUT2D eigenvalue weighted by molar-refractivity contribution is -0.525. The van der Waals surface area contributed by atoms with Gasteiger partial charge in [0.1, 0.15) is 12.2 Å². The minimum atomic E-state index is -5.19. The molecule has 0 saturated heterocycles. The van der Waals surface area contributed by atoms with Crippen molar-refractivity contribution in [2.45, 2.75) is 18.8 Å². The van der Waals surface area contributed by atoms with Crippen LogP contribution in [0.5, 0.6) is 0 Å². The molecule has 1 aromatic rings. The molecule has 152 valence electrons. The number of carbonyl (C=O) groups is 2. The first-order valence-electron chi connectivity index (χ1n) is 8.70. The van der Waals surface area contributed by atoms with Crippen LogP contribution in [0.4, 0.5) is 13.2 Å². The average Bonchev–Trinajstić information content (AvgIpc) is 3.11. The van der Waals surface area contributed by atoms with Gasteiger partial charge < -0.3 is 20.1 Å². The Bertz CT molecular complexity index is 947. The summed E-state index contributed by atoms with van der Waals surface area (Å²) >= 11 is 0. The van der Waals surface area contributed by atoms with Crippen LogP contribution in [0, 0.1) is 0 Å². The number of ketones is 1. The van der Waals surface area contributed by atoms with E-state index in [0.29, 0.717) is 12.2 Å². The Morgan fingerprint density at radius 1 is 1.28 bits per heavy atom. The standard InChI is InChI=1S/C18H17N3O.C2HF3O2/c1-21-8-7-13-11-20-17-16(13)15(21)9-14(18(17)22)19-10-12-5-3-2-4-6-12;3-2(4,5)1(6)7/h2-9,11,15,19-20H,10H2,1H3;(H,6,7). The van der Waals surface area contributed by atoms with Crippen LogP contribution in [0.2, 0.25) is 0 Å². The number of nitrogens with two attached hydrogens (primary N) is 1. The fourth-order valence-electron chi connectivity index (χ4n) is 3.19. The summed E-state index contributed by atoms with van der Waals surface area (Å²) in [4.78, 5) is 23.6. The average molecular weight is 405 g/mol. The van der Waals surface area contributed by atoms with Gasteiger partial charge in [-0.05, 0) is 17.7 Å². The second-order valence-corrected chi connectivity index (χ2v) is 6.58. The fourth-order valence-corrected chi connectivity index (χ4v) is 3.19. The molecule has 0 radical (unpaired) electrons. The van der Waals surface area contributed by atoms with E-state index in [1.807, 2.05) is 42.8 Å². The summed E-state index contributed by atoms with van der Waals surface area (Å²) in [6, 6.07) is 10.3. The summed E-state index contributed by atoms with van der Waals surface area (Å²) in [5.41, 5.74) is 4.99. The molecule has 2 aliphatic heterocycles. The molecule has 0 aromatic heterocycles. The van der Waals surface area contributed by atoms with Crippen LogP contribution in [0.3, 0.4) is 0 Å². The van der Waals surface area contributed by atoms with Crippen LogP contribution in [-0.2, 0) is 16.1 Å². The number of quaternary nitrogens is 1. The quantitative estimate of drug-likeness (QED) is 0.744. The Balaban J connectivity index is 0.000000298. The maximum atomic E-state index is 12.7. The van der Waals surface area contributed by atoms with Crippen molar-refractivity contribution in [2.75, 3.05) is 7.05 Å². The van der Waals surface area contributed by atoms with E-state index in [1.165, 1.54) is 5.56 Å². The summed E-state index contributed by atoms with van der Waals surface area (Å²) in [6.45, 7) is 0.660. The predicted molar refractivity (Wildman–Crippen MR) is 95.2 cm³/mol. The van der Waals surface area contributed by atoms with Crippen molar-refractivity contribution in [2.24, 2.45) is 0 Å². The third-order valence-corrected chi connectivity index (χ3v) is 4.63. The van der Waals surface area contributed by atoms with E-state index in [1.54, 1.807) is 0 Å². The minimum absolute atomic E-state index is 0.0946. The van der Waals surface area contributed by atoms with Gasteiger partial charge in [-0.15, -0.1) is 0 Å². The van der Waals surface area contributed by atoms with E-state index >= 15 is 0 Å². The van der Waals surface area contributed by atoms with Gasteiger partial charge in [0.2, 0.25) is 0 Å². The zero-order valence-electron chi connectivity index (χ0n) is 15.4. The number of likely N-dealkylation sites (N-methyl/N-ethyl adjacent to an activating group) is 1. The van der Waals surface area contributed by atoms with Crippen LogP contribution in [0.15, 0.2) is 77.4 Å². The lowest BCUT2D eigenvalue weighted by Gasteiger charge is -2.32. The van der Waals surface area contributed by atoms with Gasteiger partial charge in [-0.1, -0.05) is 30.3 Å². The Kier molecular flexibility index (Phi) is 5.60. The maximum Gasteiger partial charge on any atom is 0.430 e. The van der Waals surface area contributed by atoms with Gasteiger partial charge in [0.05, 0.1) is 17.3 Å². The topological polar surface area (TPSA) is 89.1 Å². The number of hydrogen-bond donors (Lipinski definition) is 2. The summed E-state index contributed by atoms with van der Waals surface area (Å²) in [5.74, 6) is -2.91. The highest BCUT2D eigenvalue weighted by Gasteiger charge is 2.40. The van der Waals surface area contributed by atoms with Gasteiger partial charge in [-0.2, -0.15) is 13.2 Å². The van der Waals surface area contributed by atoms with E-state index in [9.17, 15) is 18.0 Å². The number of Topliss-reactive ketones (excluding diaryl/α,β-unsaturated/α-hetero) is 1. The summed E-state index contributed by atoms with van der Waals surface area (Å²) in [7, 11) is 2.04. The number of allylic oxidation sites excluding steroid dienone is 1. The fraction of sp³-hybridized carbons (Fsp3) is 0.200. The molecule has 9 heteroatoms. The third-order valence-electron chi connectivity index (χ3n) is 4.63. The molecular formula is C20H18F3N3O3. The first-order valence-corrected chi connectivity index (χ1v) is 8.70. The Labute approximate surface area is 164 Å². The van der Waals surface area contributed by atoms with Gasteiger partial charge in [0, 0.05) is 25.4 Å². The largest absolute Gasteiger partial charge is 0.542 e. The molecule has 1 unspecified atom stereocenters. The van der Waals surface area contributed by atoms with Crippen LogP contribution < -0.4 is 15.7 Å². The predicted octanol–water partition coefficient (Wildman–Crippen LogP) is 0.0841. The third kappa shape index (κ3) is 4.40. The molecule has 2 heterocycles. The van der Waals surface area contributed by atoms with Gasteiger partial charge in [-0.3, -0.25) is 10.1 Å². The number of aliphatic carboxylic acids is 1. The van der Waals surface area contributed by atoms with Crippen molar-refractivity contribution in [3.63, 3.8) is 0 Å². The highest BCUT2D eigenvalue weighted by molar-refractivity contribution is 6.08. The Hall–Kier alpha value is -3.33. The number of rotatable bonds is 3. The Morgan fingerprint density at radius 3 is 2.55 bits per heavy atom. The zero-order chi connectivity index (χ0) is 21.2. The van der Waals surface area contributed by atoms with Crippen LogP contribution >= 0.6 is 0 Å². The first-order chi connectivity index (χ1) is 13.7. The summed E-state index contributed by atoms with van der Waals surface area (Å²) < 4.78 is 31.5. The molecule has 1 atom stereocenters. The number of benzene rings is 1. The van der Waals surface area contributed by atoms with Crippen LogP contribution in [-0.4, -0.2) is 35.9 Å². The maximum absolute atomic E-state index is 12.7. The number of halogens is 3. The molecule has 0 amide bonds. The number of alkyl halides is 3. The minimum Gasteiger partial charge on any atom is -0.542 e. The number of hydrogen-bond acceptors (Lipinski definition) is 5. The van der Waals surface area contributed by atoms with Gasteiger partial charge in [0.15, 0.2) is 5.70 Å². The van der Waals surface area contributed by atoms with Crippen molar-refractivity contribution in [1.82, 2.24) is 10.2 Å². The van der Waals surface area contributed by atoms with Gasteiger partial charge in [0.25, 0.3) is 5.78 Å².